The van der Waals surface area contributed by atoms with Crippen molar-refractivity contribution in [2.45, 2.75) is 20.4 Å². The van der Waals surface area contributed by atoms with Gasteiger partial charge in [-0.3, -0.25) is 4.98 Å². The van der Waals surface area contributed by atoms with Gasteiger partial charge >= 0.3 is 0 Å². The van der Waals surface area contributed by atoms with Gasteiger partial charge < -0.3 is 5.32 Å². The molecule has 0 aliphatic carbocycles. The van der Waals surface area contributed by atoms with Crippen LogP contribution in [-0.4, -0.2) is 4.98 Å². The number of pyridine rings is 1. The highest BCUT2D eigenvalue weighted by molar-refractivity contribution is 6.33. The number of benzene rings is 1. The predicted octanol–water partition coefficient (Wildman–Crippen LogP) is 3.96. The second kappa shape index (κ2) is 5.19. The minimum atomic E-state index is 0.739. The van der Waals surface area contributed by atoms with Crippen molar-refractivity contribution in [1.29, 1.82) is 0 Å². The zero-order chi connectivity index (χ0) is 12.3. The van der Waals surface area contributed by atoms with E-state index in [4.69, 9.17) is 11.6 Å². The first kappa shape index (κ1) is 11.9. The Balaban J connectivity index is 2.13. The molecule has 0 fully saturated rings. The van der Waals surface area contributed by atoms with E-state index >= 15 is 0 Å². The van der Waals surface area contributed by atoms with Gasteiger partial charge in [0.15, 0.2) is 0 Å². The van der Waals surface area contributed by atoms with Gasteiger partial charge in [0, 0.05) is 18.9 Å². The number of rotatable bonds is 3. The highest BCUT2D eigenvalue weighted by Gasteiger charge is 2.03. The first-order valence-electron chi connectivity index (χ1n) is 5.57. The molecule has 1 N–H and O–H groups in total. The van der Waals surface area contributed by atoms with Crippen LogP contribution in [0.25, 0.3) is 0 Å². The maximum absolute atomic E-state index is 6.22. The lowest BCUT2D eigenvalue weighted by Gasteiger charge is -2.11. The topological polar surface area (TPSA) is 24.9 Å². The van der Waals surface area contributed by atoms with Crippen molar-refractivity contribution >= 4 is 17.3 Å². The van der Waals surface area contributed by atoms with Gasteiger partial charge in [-0.1, -0.05) is 23.7 Å². The largest absolute Gasteiger partial charge is 0.380 e. The lowest BCUT2D eigenvalue weighted by atomic mass is 10.1. The van der Waals surface area contributed by atoms with Crippen molar-refractivity contribution in [3.05, 3.63) is 58.4 Å². The zero-order valence-electron chi connectivity index (χ0n) is 10.00. The van der Waals surface area contributed by atoms with E-state index in [1.54, 1.807) is 6.20 Å². The van der Waals surface area contributed by atoms with Crippen molar-refractivity contribution in [3.8, 4) is 0 Å². The minimum absolute atomic E-state index is 0.739. The van der Waals surface area contributed by atoms with Crippen molar-refractivity contribution < 1.29 is 0 Å². The summed E-state index contributed by atoms with van der Waals surface area (Å²) in [5.74, 6) is 0. The zero-order valence-corrected chi connectivity index (χ0v) is 10.8. The third kappa shape index (κ3) is 2.77. The van der Waals surface area contributed by atoms with Gasteiger partial charge in [-0.25, -0.2) is 0 Å². The van der Waals surface area contributed by atoms with E-state index in [0.717, 1.165) is 22.8 Å². The molecule has 2 rings (SSSR count). The molecule has 1 aromatic heterocycles. The second-order valence-electron chi connectivity index (χ2n) is 4.09. The summed E-state index contributed by atoms with van der Waals surface area (Å²) in [6.07, 6.45) is 3.69. The Labute approximate surface area is 107 Å². The monoisotopic (exact) mass is 246 g/mol. The van der Waals surface area contributed by atoms with Crippen molar-refractivity contribution in [2.24, 2.45) is 0 Å². The molecule has 17 heavy (non-hydrogen) atoms. The molecule has 0 aliphatic rings. The van der Waals surface area contributed by atoms with E-state index in [1.807, 2.05) is 37.4 Å². The number of nitrogens with one attached hydrogen (secondary N) is 1. The highest BCUT2D eigenvalue weighted by Crippen LogP contribution is 2.25. The molecule has 2 aromatic rings. The molecular formula is C14H15ClN2. The van der Waals surface area contributed by atoms with E-state index in [1.165, 1.54) is 11.1 Å². The predicted molar refractivity (Wildman–Crippen MR) is 72.5 cm³/mol. The third-order valence-corrected chi connectivity index (χ3v) is 3.31. The molecule has 0 saturated carbocycles. The fourth-order valence-corrected chi connectivity index (χ4v) is 1.85. The molecule has 0 aliphatic heterocycles. The van der Waals surface area contributed by atoms with E-state index in [0.29, 0.717) is 0 Å². The van der Waals surface area contributed by atoms with Gasteiger partial charge in [0.25, 0.3) is 0 Å². The molecular weight excluding hydrogens is 232 g/mol. The Bertz CT molecular complexity index is 523. The average molecular weight is 247 g/mol. The Morgan fingerprint density at radius 3 is 2.76 bits per heavy atom. The summed E-state index contributed by atoms with van der Waals surface area (Å²) in [5, 5.41) is 4.13. The van der Waals surface area contributed by atoms with Crippen LogP contribution in [0.1, 0.15) is 16.7 Å². The SMILES string of the molecule is Cc1ccncc1CNc1cccc(C)c1Cl. The Morgan fingerprint density at radius 2 is 2.00 bits per heavy atom. The molecule has 0 spiro atoms. The summed E-state index contributed by atoms with van der Waals surface area (Å²) in [6, 6.07) is 8.00. The lowest BCUT2D eigenvalue weighted by Crippen LogP contribution is -2.02. The number of halogens is 1. The van der Waals surface area contributed by atoms with Gasteiger partial charge in [0.2, 0.25) is 0 Å². The molecule has 0 radical (unpaired) electrons. The van der Waals surface area contributed by atoms with Crippen LogP contribution in [0, 0.1) is 13.8 Å². The molecule has 0 unspecified atom stereocenters. The van der Waals surface area contributed by atoms with E-state index < -0.39 is 0 Å². The van der Waals surface area contributed by atoms with Crippen molar-refractivity contribution in [3.63, 3.8) is 0 Å². The molecule has 1 heterocycles. The minimum Gasteiger partial charge on any atom is -0.380 e. The van der Waals surface area contributed by atoms with Crippen molar-refractivity contribution in [1.82, 2.24) is 4.98 Å². The van der Waals surface area contributed by atoms with Crippen LogP contribution >= 0.6 is 11.6 Å². The standard InChI is InChI=1S/C14H15ClN2/c1-10-6-7-16-8-12(10)9-17-13-5-3-4-11(2)14(13)15/h3-8,17H,9H2,1-2H3. The van der Waals surface area contributed by atoms with Crippen LogP contribution < -0.4 is 5.32 Å². The highest BCUT2D eigenvalue weighted by atomic mass is 35.5. The Hall–Kier alpha value is -1.54. The van der Waals surface area contributed by atoms with Gasteiger partial charge in [-0.15, -0.1) is 0 Å². The summed E-state index contributed by atoms with van der Waals surface area (Å²) >= 11 is 6.22. The van der Waals surface area contributed by atoms with Gasteiger partial charge in [-0.05, 0) is 42.7 Å². The average Bonchev–Trinajstić information content (AvgIpc) is 2.33. The van der Waals surface area contributed by atoms with Gasteiger partial charge in [0.05, 0.1) is 10.7 Å². The first-order chi connectivity index (χ1) is 8.18. The van der Waals surface area contributed by atoms with E-state index in [2.05, 4.69) is 17.2 Å². The lowest BCUT2D eigenvalue weighted by molar-refractivity contribution is 1.08. The molecule has 1 aromatic carbocycles. The first-order valence-corrected chi connectivity index (χ1v) is 5.95. The van der Waals surface area contributed by atoms with E-state index in [9.17, 15) is 0 Å². The molecule has 3 heteroatoms. The number of aromatic nitrogens is 1. The fourth-order valence-electron chi connectivity index (χ4n) is 1.66. The Morgan fingerprint density at radius 1 is 1.18 bits per heavy atom. The van der Waals surface area contributed by atoms with Crippen LogP contribution in [0.3, 0.4) is 0 Å². The van der Waals surface area contributed by atoms with Gasteiger partial charge in [-0.2, -0.15) is 0 Å². The fraction of sp³-hybridized carbons (Fsp3) is 0.214. The quantitative estimate of drug-likeness (QED) is 0.887. The molecule has 0 bridgehead atoms. The summed E-state index contributed by atoms with van der Waals surface area (Å²) < 4.78 is 0. The Kier molecular flexibility index (Phi) is 3.64. The number of hydrogen-bond donors (Lipinski definition) is 1. The molecule has 88 valence electrons. The van der Waals surface area contributed by atoms with Crippen LogP contribution in [0.15, 0.2) is 36.7 Å². The number of aryl methyl sites for hydroxylation is 2. The summed E-state index contributed by atoms with van der Waals surface area (Å²) in [6.45, 7) is 4.82. The molecule has 0 saturated heterocycles. The maximum atomic E-state index is 6.22. The van der Waals surface area contributed by atoms with Crippen molar-refractivity contribution in [2.75, 3.05) is 5.32 Å². The van der Waals surface area contributed by atoms with Crippen LogP contribution in [0.4, 0.5) is 5.69 Å². The number of anilines is 1. The summed E-state index contributed by atoms with van der Waals surface area (Å²) in [4.78, 5) is 4.12. The number of hydrogen-bond acceptors (Lipinski definition) is 2. The van der Waals surface area contributed by atoms with Crippen LogP contribution in [-0.2, 0) is 6.54 Å². The molecule has 2 nitrogen and oxygen atoms in total. The smallest absolute Gasteiger partial charge is 0.0666 e. The molecule has 0 amide bonds. The number of nitrogens with zero attached hydrogens (tertiary/aromatic N) is 1. The van der Waals surface area contributed by atoms with Crippen LogP contribution in [0.2, 0.25) is 5.02 Å². The third-order valence-electron chi connectivity index (χ3n) is 2.81. The summed E-state index contributed by atoms with van der Waals surface area (Å²) in [7, 11) is 0. The normalized spacial score (nSPS) is 10.3. The summed E-state index contributed by atoms with van der Waals surface area (Å²) in [5.41, 5.74) is 4.47. The second-order valence-corrected chi connectivity index (χ2v) is 4.47. The van der Waals surface area contributed by atoms with Crippen LogP contribution in [0.5, 0.6) is 0 Å². The maximum Gasteiger partial charge on any atom is 0.0666 e. The van der Waals surface area contributed by atoms with E-state index in [-0.39, 0.29) is 0 Å². The molecule has 0 atom stereocenters. The van der Waals surface area contributed by atoms with Gasteiger partial charge in [0.1, 0.15) is 0 Å².